The third-order valence-electron chi connectivity index (χ3n) is 2.48. The molecule has 0 saturated carbocycles. The molecule has 1 nitrogen and oxygen atoms in total. The fourth-order valence-corrected chi connectivity index (χ4v) is 2.22. The van der Waals surface area contributed by atoms with Crippen molar-refractivity contribution in [3.63, 3.8) is 0 Å². The van der Waals surface area contributed by atoms with Crippen LogP contribution in [-0.2, 0) is 6.54 Å². The number of aromatic nitrogens is 1. The number of benzene rings is 1. The number of aryl methyl sites for hydroxylation is 1. The van der Waals surface area contributed by atoms with Crippen molar-refractivity contribution in [3.05, 3.63) is 34.9 Å². The lowest BCUT2D eigenvalue weighted by atomic mass is 10.2. The maximum atomic E-state index is 5.24. The van der Waals surface area contributed by atoms with Gasteiger partial charge in [0.2, 0.25) is 0 Å². The molecule has 2 aromatic rings. The molecule has 76 valence electrons. The predicted octanol–water partition coefficient (Wildman–Crippen LogP) is 3.82. The van der Waals surface area contributed by atoms with Gasteiger partial charge in [0, 0.05) is 34.5 Å². The minimum Gasteiger partial charge on any atom is -0.347 e. The molecule has 0 aliphatic rings. The Balaban J connectivity index is 2.30. The summed E-state index contributed by atoms with van der Waals surface area (Å²) in [5.41, 5.74) is 1.27. The first-order valence-electron chi connectivity index (χ1n) is 5.00. The second kappa shape index (κ2) is 4.55. The molecule has 15 heavy (non-hydrogen) atoms. The van der Waals surface area contributed by atoms with Gasteiger partial charge < -0.3 is 4.57 Å². The van der Waals surface area contributed by atoms with Gasteiger partial charge in [-0.15, -0.1) is 12.3 Å². The van der Waals surface area contributed by atoms with Crippen molar-refractivity contribution in [2.24, 2.45) is 0 Å². The lowest BCUT2D eigenvalue weighted by molar-refractivity contribution is 0.677. The minimum absolute atomic E-state index is 0.841. The number of nitrogens with zero attached hydrogens (tertiary/aromatic N) is 1. The Hall–Kier alpha value is -1.20. The van der Waals surface area contributed by atoms with Gasteiger partial charge in [-0.1, -0.05) is 22.0 Å². The summed E-state index contributed by atoms with van der Waals surface area (Å²) in [6, 6.07) is 8.39. The zero-order valence-electron chi connectivity index (χ0n) is 8.41. The first kappa shape index (κ1) is 10.3. The molecule has 0 spiro atoms. The van der Waals surface area contributed by atoms with E-state index in [1.54, 1.807) is 0 Å². The molecule has 2 rings (SSSR count). The molecule has 0 fully saturated rings. The zero-order chi connectivity index (χ0) is 10.7. The summed E-state index contributed by atoms with van der Waals surface area (Å²) < 4.78 is 3.40. The lowest BCUT2D eigenvalue weighted by Crippen LogP contribution is -1.94. The quantitative estimate of drug-likeness (QED) is 0.585. The first-order valence-corrected chi connectivity index (χ1v) is 5.79. The van der Waals surface area contributed by atoms with E-state index in [0.717, 1.165) is 23.9 Å². The van der Waals surface area contributed by atoms with E-state index in [4.69, 9.17) is 6.42 Å². The Kier molecular flexibility index (Phi) is 3.13. The van der Waals surface area contributed by atoms with Crippen LogP contribution in [0.1, 0.15) is 12.8 Å². The molecule has 1 aromatic heterocycles. The molecule has 1 aromatic carbocycles. The van der Waals surface area contributed by atoms with Crippen LogP contribution in [0.25, 0.3) is 10.9 Å². The van der Waals surface area contributed by atoms with E-state index in [1.807, 2.05) is 0 Å². The van der Waals surface area contributed by atoms with E-state index < -0.39 is 0 Å². The Morgan fingerprint density at radius 1 is 1.33 bits per heavy atom. The second-order valence-electron chi connectivity index (χ2n) is 3.49. The highest BCUT2D eigenvalue weighted by atomic mass is 79.9. The van der Waals surface area contributed by atoms with Crippen LogP contribution in [0.15, 0.2) is 34.9 Å². The Morgan fingerprint density at radius 2 is 2.20 bits per heavy atom. The smallest absolute Gasteiger partial charge is 0.0491 e. The van der Waals surface area contributed by atoms with Gasteiger partial charge in [0.1, 0.15) is 0 Å². The SMILES string of the molecule is C#CCCCn1ccc2c(Br)cccc21. The summed E-state index contributed by atoms with van der Waals surface area (Å²) in [5, 5.41) is 1.26. The third kappa shape index (κ3) is 2.08. The lowest BCUT2D eigenvalue weighted by Gasteiger charge is -2.03. The van der Waals surface area contributed by atoms with E-state index >= 15 is 0 Å². The highest BCUT2D eigenvalue weighted by Crippen LogP contribution is 2.24. The van der Waals surface area contributed by atoms with E-state index in [0.29, 0.717) is 0 Å². The van der Waals surface area contributed by atoms with Crippen molar-refractivity contribution >= 4 is 26.8 Å². The van der Waals surface area contributed by atoms with Crippen molar-refractivity contribution in [1.29, 1.82) is 0 Å². The van der Waals surface area contributed by atoms with Crippen LogP contribution >= 0.6 is 15.9 Å². The van der Waals surface area contributed by atoms with E-state index in [-0.39, 0.29) is 0 Å². The summed E-state index contributed by atoms with van der Waals surface area (Å²) in [7, 11) is 0. The standard InChI is InChI=1S/C13H12BrN/c1-2-3-4-9-15-10-8-11-12(14)6-5-7-13(11)15/h1,5-8,10H,3-4,9H2. The Morgan fingerprint density at radius 3 is 3.00 bits per heavy atom. The van der Waals surface area contributed by atoms with Crippen molar-refractivity contribution < 1.29 is 0 Å². The molecule has 0 radical (unpaired) electrons. The van der Waals surface area contributed by atoms with E-state index in [2.05, 4.69) is 56.9 Å². The molecule has 2 heteroatoms. The normalized spacial score (nSPS) is 10.4. The molecule has 0 saturated heterocycles. The zero-order valence-corrected chi connectivity index (χ0v) is 10.00. The van der Waals surface area contributed by atoms with Crippen LogP contribution in [0.4, 0.5) is 0 Å². The monoisotopic (exact) mass is 261 g/mol. The first-order chi connectivity index (χ1) is 7.33. The van der Waals surface area contributed by atoms with E-state index in [1.165, 1.54) is 10.9 Å². The van der Waals surface area contributed by atoms with Gasteiger partial charge in [0.05, 0.1) is 0 Å². The van der Waals surface area contributed by atoms with Gasteiger partial charge in [0.25, 0.3) is 0 Å². The molecule has 0 bridgehead atoms. The molecule has 0 aliphatic carbocycles. The van der Waals surface area contributed by atoms with Crippen LogP contribution in [0.5, 0.6) is 0 Å². The maximum Gasteiger partial charge on any atom is 0.0491 e. The van der Waals surface area contributed by atoms with Gasteiger partial charge in [-0.25, -0.2) is 0 Å². The highest BCUT2D eigenvalue weighted by molar-refractivity contribution is 9.10. The van der Waals surface area contributed by atoms with Crippen molar-refractivity contribution in [1.82, 2.24) is 4.57 Å². The van der Waals surface area contributed by atoms with Gasteiger partial charge in [-0.2, -0.15) is 0 Å². The number of terminal acetylenes is 1. The van der Waals surface area contributed by atoms with Gasteiger partial charge >= 0.3 is 0 Å². The van der Waals surface area contributed by atoms with Gasteiger partial charge in [-0.3, -0.25) is 0 Å². The number of fused-ring (bicyclic) bond motifs is 1. The average Bonchev–Trinajstić information content (AvgIpc) is 2.64. The molecule has 0 amide bonds. The summed E-state index contributed by atoms with van der Waals surface area (Å²) in [4.78, 5) is 0. The van der Waals surface area contributed by atoms with Crippen LogP contribution < -0.4 is 0 Å². The summed E-state index contributed by atoms with van der Waals surface area (Å²) in [5.74, 6) is 2.67. The van der Waals surface area contributed by atoms with Crippen LogP contribution in [0, 0.1) is 12.3 Å². The third-order valence-corrected chi connectivity index (χ3v) is 3.17. The van der Waals surface area contributed by atoms with Crippen molar-refractivity contribution in [2.75, 3.05) is 0 Å². The number of hydrogen-bond acceptors (Lipinski definition) is 0. The number of unbranched alkanes of at least 4 members (excludes halogenated alkanes) is 1. The van der Waals surface area contributed by atoms with Crippen LogP contribution in [0.3, 0.4) is 0 Å². The number of rotatable bonds is 3. The maximum absolute atomic E-state index is 5.24. The summed E-state index contributed by atoms with van der Waals surface area (Å²) in [6.45, 7) is 0.990. The minimum atomic E-state index is 0.841. The summed E-state index contributed by atoms with van der Waals surface area (Å²) >= 11 is 3.55. The Labute approximate surface area is 98.2 Å². The summed E-state index contributed by atoms with van der Waals surface area (Å²) in [6.07, 6.45) is 9.23. The molecular formula is C13H12BrN. The second-order valence-corrected chi connectivity index (χ2v) is 4.34. The molecule has 1 heterocycles. The Bertz CT molecular complexity index is 505. The molecular weight excluding hydrogens is 250 g/mol. The van der Waals surface area contributed by atoms with E-state index in [9.17, 15) is 0 Å². The van der Waals surface area contributed by atoms with Crippen LogP contribution in [0.2, 0.25) is 0 Å². The van der Waals surface area contributed by atoms with Gasteiger partial charge in [-0.05, 0) is 24.6 Å². The molecule has 0 unspecified atom stereocenters. The largest absolute Gasteiger partial charge is 0.347 e. The number of halogens is 1. The fourth-order valence-electron chi connectivity index (χ4n) is 1.73. The molecule has 0 atom stereocenters. The predicted molar refractivity (Wildman–Crippen MR) is 67.7 cm³/mol. The topological polar surface area (TPSA) is 4.93 Å². The van der Waals surface area contributed by atoms with Crippen LogP contribution in [-0.4, -0.2) is 4.57 Å². The van der Waals surface area contributed by atoms with Crippen molar-refractivity contribution in [3.8, 4) is 12.3 Å². The fraction of sp³-hybridized carbons (Fsp3) is 0.231. The van der Waals surface area contributed by atoms with Crippen molar-refractivity contribution in [2.45, 2.75) is 19.4 Å². The number of hydrogen-bond donors (Lipinski definition) is 0. The van der Waals surface area contributed by atoms with Gasteiger partial charge in [0.15, 0.2) is 0 Å². The molecule has 0 N–H and O–H groups in total. The highest BCUT2D eigenvalue weighted by Gasteiger charge is 2.02. The average molecular weight is 262 g/mol. The molecule has 0 aliphatic heterocycles.